The first-order chi connectivity index (χ1) is 21.2. The first kappa shape index (κ1) is 25.3. The molecule has 206 valence electrons. The fraction of sp³-hybridized carbons (Fsp3) is 0.0750. The number of imidazole rings is 1. The fourth-order valence-corrected chi connectivity index (χ4v) is 6.55. The molecule has 0 radical (unpaired) electrons. The van der Waals surface area contributed by atoms with E-state index in [1.165, 1.54) is 32.8 Å². The Morgan fingerprint density at radius 1 is 0.581 bits per heavy atom. The molecule has 2 aromatic heterocycles. The largest absolute Gasteiger partial charge is 0.311 e. The first-order valence-electron chi connectivity index (χ1n) is 14.9. The Balaban J connectivity index is 1.22. The van der Waals surface area contributed by atoms with Crippen LogP contribution in [-0.2, 0) is 0 Å². The van der Waals surface area contributed by atoms with Crippen LogP contribution in [0, 0.1) is 5.92 Å². The van der Waals surface area contributed by atoms with Gasteiger partial charge < -0.3 is 4.90 Å². The first-order valence-corrected chi connectivity index (χ1v) is 14.9. The molecule has 0 saturated heterocycles. The highest BCUT2D eigenvalue weighted by Gasteiger charge is 2.22. The Labute approximate surface area is 251 Å². The Hall–Kier alpha value is -5.41. The van der Waals surface area contributed by atoms with Crippen LogP contribution in [0.5, 0.6) is 0 Å². The average molecular weight is 554 g/mol. The SMILES string of the molecule is CC1C=c2c(nc3c4ccccc4c(-c4ccccc4)cn23)=CC1c1ccc(N(c2ccccc2)c2ccccc2)cc1. The summed E-state index contributed by atoms with van der Waals surface area (Å²) in [7, 11) is 0. The molecule has 3 nitrogen and oxygen atoms in total. The van der Waals surface area contributed by atoms with Gasteiger partial charge in [-0.2, -0.15) is 0 Å². The van der Waals surface area contributed by atoms with Gasteiger partial charge in [0.05, 0.1) is 10.7 Å². The van der Waals surface area contributed by atoms with Crippen molar-refractivity contribution in [2.75, 3.05) is 4.90 Å². The number of aromatic nitrogens is 2. The van der Waals surface area contributed by atoms with Crippen LogP contribution >= 0.6 is 0 Å². The quantitative estimate of drug-likeness (QED) is 0.213. The molecule has 0 saturated carbocycles. The van der Waals surface area contributed by atoms with Crippen molar-refractivity contribution in [1.29, 1.82) is 0 Å². The van der Waals surface area contributed by atoms with Crippen LogP contribution in [0.4, 0.5) is 17.1 Å². The van der Waals surface area contributed by atoms with Crippen LogP contribution in [0.25, 0.3) is 39.7 Å². The Morgan fingerprint density at radius 2 is 1.14 bits per heavy atom. The van der Waals surface area contributed by atoms with Crippen molar-refractivity contribution in [1.82, 2.24) is 9.38 Å². The maximum absolute atomic E-state index is 5.22. The molecule has 0 aliphatic heterocycles. The summed E-state index contributed by atoms with van der Waals surface area (Å²) in [6.07, 6.45) is 7.04. The zero-order chi connectivity index (χ0) is 28.8. The van der Waals surface area contributed by atoms with Gasteiger partial charge in [-0.3, -0.25) is 4.40 Å². The smallest absolute Gasteiger partial charge is 0.145 e. The Bertz CT molecular complexity index is 2140. The van der Waals surface area contributed by atoms with Crippen LogP contribution in [0.2, 0.25) is 0 Å². The van der Waals surface area contributed by atoms with E-state index in [2.05, 4.69) is 174 Å². The summed E-state index contributed by atoms with van der Waals surface area (Å²) in [6.45, 7) is 2.32. The number of hydrogen-bond donors (Lipinski definition) is 0. The zero-order valence-corrected chi connectivity index (χ0v) is 24.0. The summed E-state index contributed by atoms with van der Waals surface area (Å²) in [5.74, 6) is 0.567. The summed E-state index contributed by atoms with van der Waals surface area (Å²) in [4.78, 5) is 7.52. The molecule has 3 heteroatoms. The third kappa shape index (κ3) is 4.41. The number of nitrogens with zero attached hydrogens (tertiary/aromatic N) is 3. The van der Waals surface area contributed by atoms with Crippen LogP contribution in [0.3, 0.4) is 0 Å². The van der Waals surface area contributed by atoms with E-state index in [-0.39, 0.29) is 5.92 Å². The van der Waals surface area contributed by atoms with Crippen LogP contribution < -0.4 is 15.6 Å². The van der Waals surface area contributed by atoms with E-state index < -0.39 is 0 Å². The van der Waals surface area contributed by atoms with Gasteiger partial charge in [-0.25, -0.2) is 4.98 Å². The predicted molar refractivity (Wildman–Crippen MR) is 179 cm³/mol. The van der Waals surface area contributed by atoms with Crippen molar-refractivity contribution in [2.45, 2.75) is 12.8 Å². The second-order valence-corrected chi connectivity index (χ2v) is 11.3. The van der Waals surface area contributed by atoms with E-state index in [1.807, 2.05) is 0 Å². The molecule has 1 aliphatic rings. The highest BCUT2D eigenvalue weighted by atomic mass is 15.1. The fourth-order valence-electron chi connectivity index (χ4n) is 6.55. The van der Waals surface area contributed by atoms with Gasteiger partial charge in [0.1, 0.15) is 5.65 Å². The topological polar surface area (TPSA) is 20.5 Å². The number of para-hydroxylation sites is 2. The van der Waals surface area contributed by atoms with Crippen molar-refractivity contribution in [3.8, 4) is 11.1 Å². The molecule has 0 spiro atoms. The third-order valence-electron chi connectivity index (χ3n) is 8.67. The molecule has 2 heterocycles. The van der Waals surface area contributed by atoms with E-state index in [0.717, 1.165) is 28.1 Å². The highest BCUT2D eigenvalue weighted by Crippen LogP contribution is 2.37. The van der Waals surface area contributed by atoms with E-state index in [0.29, 0.717) is 5.92 Å². The van der Waals surface area contributed by atoms with Gasteiger partial charge in [-0.1, -0.05) is 116 Å². The molecule has 8 rings (SSSR count). The number of pyridine rings is 1. The molecule has 43 heavy (non-hydrogen) atoms. The standard InChI is InChI=1S/C40H31N3/c1-28-25-39-38(41-40-35-20-12-11-19-34(35)37(27-42(39)40)29-13-5-2-6-14-29)26-36(28)30-21-23-33(24-22-30)43(31-15-7-3-8-16-31)32-17-9-4-10-18-32/h2-28,36H,1H3. The lowest BCUT2D eigenvalue weighted by atomic mass is 9.84. The minimum Gasteiger partial charge on any atom is -0.311 e. The van der Waals surface area contributed by atoms with Gasteiger partial charge in [0.15, 0.2) is 0 Å². The van der Waals surface area contributed by atoms with Crippen molar-refractivity contribution in [3.05, 3.63) is 162 Å². The van der Waals surface area contributed by atoms with Crippen molar-refractivity contribution in [3.63, 3.8) is 0 Å². The molecular weight excluding hydrogens is 522 g/mol. The highest BCUT2D eigenvalue weighted by molar-refractivity contribution is 6.03. The number of benzene rings is 5. The Kier molecular flexibility index (Phi) is 6.15. The lowest BCUT2D eigenvalue weighted by molar-refractivity contribution is 0.689. The summed E-state index contributed by atoms with van der Waals surface area (Å²) in [6, 6.07) is 49.4. The third-order valence-corrected chi connectivity index (χ3v) is 8.67. The monoisotopic (exact) mass is 553 g/mol. The second-order valence-electron chi connectivity index (χ2n) is 11.3. The van der Waals surface area contributed by atoms with Gasteiger partial charge in [0.2, 0.25) is 0 Å². The molecule has 0 N–H and O–H groups in total. The van der Waals surface area contributed by atoms with Gasteiger partial charge in [0.25, 0.3) is 0 Å². The molecule has 5 aromatic carbocycles. The molecular formula is C40H31N3. The molecule has 7 aromatic rings. The van der Waals surface area contributed by atoms with Gasteiger partial charge in [0, 0.05) is 40.1 Å². The van der Waals surface area contributed by atoms with Crippen LogP contribution in [-0.4, -0.2) is 9.38 Å². The lowest BCUT2D eigenvalue weighted by Crippen LogP contribution is -2.33. The molecule has 0 bridgehead atoms. The molecule has 0 amide bonds. The number of rotatable bonds is 5. The second kappa shape index (κ2) is 10.5. The predicted octanol–water partition coefficient (Wildman–Crippen LogP) is 8.62. The minimum atomic E-state index is 0.244. The maximum Gasteiger partial charge on any atom is 0.145 e. The average Bonchev–Trinajstić information content (AvgIpc) is 3.43. The maximum atomic E-state index is 5.22. The summed E-state index contributed by atoms with van der Waals surface area (Å²) < 4.78 is 2.30. The number of hydrogen-bond acceptors (Lipinski definition) is 2. The van der Waals surface area contributed by atoms with E-state index >= 15 is 0 Å². The van der Waals surface area contributed by atoms with Gasteiger partial charge >= 0.3 is 0 Å². The Morgan fingerprint density at radius 3 is 1.79 bits per heavy atom. The van der Waals surface area contributed by atoms with Crippen molar-refractivity contribution in [2.24, 2.45) is 5.92 Å². The van der Waals surface area contributed by atoms with Crippen molar-refractivity contribution >= 4 is 45.6 Å². The molecule has 2 unspecified atom stereocenters. The number of anilines is 3. The van der Waals surface area contributed by atoms with Gasteiger partial charge in [-0.15, -0.1) is 0 Å². The van der Waals surface area contributed by atoms with Crippen LogP contribution in [0.1, 0.15) is 18.4 Å². The van der Waals surface area contributed by atoms with Gasteiger partial charge in [-0.05, 0) is 64.9 Å². The zero-order valence-electron chi connectivity index (χ0n) is 24.0. The van der Waals surface area contributed by atoms with E-state index in [4.69, 9.17) is 4.98 Å². The summed E-state index contributed by atoms with van der Waals surface area (Å²) in [5.41, 5.74) is 8.18. The van der Waals surface area contributed by atoms with Crippen molar-refractivity contribution < 1.29 is 0 Å². The van der Waals surface area contributed by atoms with E-state index in [1.54, 1.807) is 0 Å². The normalized spacial score (nSPS) is 15.9. The molecule has 1 aliphatic carbocycles. The number of fused-ring (bicyclic) bond motifs is 5. The lowest BCUT2D eigenvalue weighted by Gasteiger charge is -2.26. The van der Waals surface area contributed by atoms with E-state index in [9.17, 15) is 0 Å². The molecule has 0 fully saturated rings. The summed E-state index contributed by atoms with van der Waals surface area (Å²) in [5, 5.41) is 4.64. The summed E-state index contributed by atoms with van der Waals surface area (Å²) >= 11 is 0. The minimum absolute atomic E-state index is 0.244. The van der Waals surface area contributed by atoms with Crippen LogP contribution in [0.15, 0.2) is 146 Å². The molecule has 2 atom stereocenters.